The lowest BCUT2D eigenvalue weighted by atomic mass is 9.88. The van der Waals surface area contributed by atoms with Gasteiger partial charge in [0.1, 0.15) is 55.1 Å². The lowest BCUT2D eigenvalue weighted by Crippen LogP contribution is -2.68. The first-order chi connectivity index (χ1) is 53.9. The fourth-order valence-electron chi connectivity index (χ4n) is 12.3. The van der Waals surface area contributed by atoms with Crippen LogP contribution in [-0.2, 0) is 115 Å². The largest absolute Gasteiger partial charge is 0.480 e. The van der Waals surface area contributed by atoms with Crippen LogP contribution in [0.2, 0.25) is 0 Å². The Morgan fingerprint density at radius 2 is 0.884 bits per heavy atom. The standard InChI is InChI=1S/C74H97N11O27/c86-42-62(95)78-64-55(88)36-73(71(101)102,111-68(64)66(97)57(90)38-75-60(93)34-46-16-20-50(21-17-46)48-10-3-1-4-11-48)109-32-30-105-26-28-107-44-52-40-84(82-80-52)24-8-7-14-54(70(99)100)77-59(92)15-9-25-85-41-53(81-83-85)45-108-29-27-106-31-33-110-74(72(103)104)37-56(89)65(79-63(96)43-87)69(112-74)67(98)58(91)39-76-61(94)35-47-18-22-51(23-19-47)49-12-5-2-6-13-49/h1-6,10-13,16-23,40-41,54-58,64-69,86-91,97-98H,7-9,14-15,24-39,42-45H2,(H,75,93)(H,76,94)(H,77,92)(H,78,95)(H,79,96)(H,99,100)(H,101,102)(H,103,104)/t54-,55-,56-,57+,58+,64+,65+,66+,67+,68+,69+,73+,74+/m0/s1. The number of aliphatic hydroxyl groups excluding tert-OH is 8. The predicted molar refractivity (Wildman–Crippen MR) is 387 cm³/mol. The number of nitrogens with one attached hydrogen (secondary N) is 5. The van der Waals surface area contributed by atoms with Gasteiger partial charge in [-0.3, -0.25) is 33.3 Å². The number of aliphatic carboxylic acids is 3. The van der Waals surface area contributed by atoms with E-state index in [1.807, 2.05) is 84.9 Å². The molecule has 8 rings (SSSR count). The minimum Gasteiger partial charge on any atom is -0.480 e. The van der Waals surface area contributed by atoms with Crippen LogP contribution in [0.15, 0.2) is 122 Å². The number of amides is 5. The van der Waals surface area contributed by atoms with Gasteiger partial charge in [0.05, 0.1) is 128 Å². The van der Waals surface area contributed by atoms with E-state index in [9.17, 15) is 94.5 Å². The van der Waals surface area contributed by atoms with Crippen molar-refractivity contribution in [2.24, 2.45) is 0 Å². The summed E-state index contributed by atoms with van der Waals surface area (Å²) in [5.41, 5.74) is 6.07. The molecule has 610 valence electrons. The summed E-state index contributed by atoms with van der Waals surface area (Å²) in [5.74, 6) is -13.4. The van der Waals surface area contributed by atoms with E-state index in [1.54, 1.807) is 41.3 Å². The average Bonchev–Trinajstić information content (AvgIpc) is 0.901. The van der Waals surface area contributed by atoms with Crippen LogP contribution < -0.4 is 26.6 Å². The van der Waals surface area contributed by atoms with Gasteiger partial charge in [-0.2, -0.15) is 0 Å². The van der Waals surface area contributed by atoms with E-state index in [0.717, 1.165) is 22.3 Å². The zero-order chi connectivity index (χ0) is 80.6. The molecule has 2 saturated heterocycles. The summed E-state index contributed by atoms with van der Waals surface area (Å²) in [6.45, 7) is -3.65. The number of hydrogen-bond donors (Lipinski definition) is 16. The number of rotatable bonds is 49. The van der Waals surface area contributed by atoms with Gasteiger partial charge in [-0.1, -0.05) is 120 Å². The Kier molecular flexibility index (Phi) is 34.9. The van der Waals surface area contributed by atoms with Crippen LogP contribution in [0.25, 0.3) is 22.3 Å². The Hall–Kier alpha value is -9.72. The number of hydrogen-bond acceptors (Lipinski definition) is 28. The maximum absolute atomic E-state index is 12.9. The van der Waals surface area contributed by atoms with E-state index in [-0.39, 0.29) is 85.1 Å². The van der Waals surface area contributed by atoms with Crippen LogP contribution in [-0.4, -0.2) is 291 Å². The van der Waals surface area contributed by atoms with Crippen LogP contribution in [0.1, 0.15) is 67.5 Å². The summed E-state index contributed by atoms with van der Waals surface area (Å²) < 4.78 is 48.1. The van der Waals surface area contributed by atoms with Crippen LogP contribution in [0.4, 0.5) is 0 Å². The van der Waals surface area contributed by atoms with E-state index in [4.69, 9.17) is 37.9 Å². The van der Waals surface area contributed by atoms with Crippen LogP contribution in [0, 0.1) is 0 Å². The number of ether oxygens (including phenoxy) is 8. The van der Waals surface area contributed by atoms with Gasteiger partial charge in [-0.25, -0.2) is 14.4 Å². The molecule has 4 aromatic carbocycles. The molecule has 38 heteroatoms. The maximum Gasteiger partial charge on any atom is 0.364 e. The molecule has 0 aliphatic carbocycles. The highest BCUT2D eigenvalue weighted by Crippen LogP contribution is 2.36. The van der Waals surface area contributed by atoms with Crippen molar-refractivity contribution in [1.29, 1.82) is 0 Å². The van der Waals surface area contributed by atoms with Crippen molar-refractivity contribution in [2.75, 3.05) is 79.2 Å². The summed E-state index contributed by atoms with van der Waals surface area (Å²) in [7, 11) is 0. The second-order valence-electron chi connectivity index (χ2n) is 26.6. The Morgan fingerprint density at radius 1 is 0.491 bits per heavy atom. The number of carbonyl (C=O) groups is 8. The van der Waals surface area contributed by atoms with Gasteiger partial charge >= 0.3 is 17.9 Å². The number of aromatic nitrogens is 6. The summed E-state index contributed by atoms with van der Waals surface area (Å²) in [6, 6.07) is 29.4. The average molecular weight is 1570 g/mol. The summed E-state index contributed by atoms with van der Waals surface area (Å²) >= 11 is 0. The fraction of sp³-hybridized carbons (Fsp3) is 0.514. The number of carboxylic acids is 3. The van der Waals surface area contributed by atoms with Crippen LogP contribution in [0.5, 0.6) is 0 Å². The fourth-order valence-corrected chi connectivity index (χ4v) is 12.3. The van der Waals surface area contributed by atoms with Crippen molar-refractivity contribution in [3.63, 3.8) is 0 Å². The van der Waals surface area contributed by atoms with Crippen molar-refractivity contribution >= 4 is 47.4 Å². The molecular weight excluding hydrogens is 1470 g/mol. The predicted octanol–water partition coefficient (Wildman–Crippen LogP) is -2.50. The molecule has 0 bridgehead atoms. The number of aryl methyl sites for hydroxylation is 2. The molecule has 6 aromatic rings. The van der Waals surface area contributed by atoms with E-state index < -0.39 is 178 Å². The smallest absolute Gasteiger partial charge is 0.364 e. The molecule has 0 spiro atoms. The molecule has 112 heavy (non-hydrogen) atoms. The minimum absolute atomic E-state index is 0.00320. The lowest BCUT2D eigenvalue weighted by Gasteiger charge is -2.46. The normalized spacial score (nSPS) is 21.0. The molecular formula is C74H97N11O27. The molecule has 2 aromatic heterocycles. The highest BCUT2D eigenvalue weighted by molar-refractivity contribution is 5.84. The molecule has 0 unspecified atom stereocenters. The number of nitrogens with zero attached hydrogens (tertiary/aromatic N) is 6. The molecule has 4 heterocycles. The third-order valence-electron chi connectivity index (χ3n) is 18.2. The Labute approximate surface area is 642 Å². The first-order valence-corrected chi connectivity index (χ1v) is 36.3. The van der Waals surface area contributed by atoms with Gasteiger partial charge in [-0.05, 0) is 59.1 Å². The van der Waals surface area contributed by atoms with Crippen molar-refractivity contribution in [2.45, 2.75) is 163 Å². The zero-order valence-electron chi connectivity index (χ0n) is 61.2. The zero-order valence-corrected chi connectivity index (χ0v) is 61.2. The number of unbranched alkanes of at least 4 members (excludes halogenated alkanes) is 1. The molecule has 0 radical (unpaired) electrons. The molecule has 16 N–H and O–H groups in total. The minimum atomic E-state index is -2.62. The van der Waals surface area contributed by atoms with Gasteiger partial charge in [0.15, 0.2) is 0 Å². The number of carboxylic acid groups (broad SMARTS) is 3. The molecule has 13 atom stereocenters. The summed E-state index contributed by atoms with van der Waals surface area (Å²) in [6.07, 6.45) is -12.0. The summed E-state index contributed by atoms with van der Waals surface area (Å²) in [5, 5.41) is 145. The van der Waals surface area contributed by atoms with Crippen molar-refractivity contribution in [3.8, 4) is 22.3 Å². The van der Waals surface area contributed by atoms with Gasteiger partial charge in [0.2, 0.25) is 29.5 Å². The maximum atomic E-state index is 12.9. The second kappa shape index (κ2) is 44.5. The third kappa shape index (κ3) is 27.0. The monoisotopic (exact) mass is 1570 g/mol. The SMILES string of the molecule is O=C(Cc1ccc(-c2ccccc2)cc1)NC[C@@H](O)[C@@H](O)[C@@H]1O[C@@](OCCOCCOCc2cn(CCCC[C@H](NC(=O)CCCn3cc(COCCOCCO[C@]4(C(=O)O)C[C@H](O)[C@@H](NC(=O)CO)[C@H]([C@H](O)[C@H](O)CNC(=O)Cc5ccc(-c6ccccc6)cc5)O4)nn3)C(=O)O)nn2)(C(=O)O)C[C@H](O)[C@H]1NC(=O)CO. The van der Waals surface area contributed by atoms with E-state index in [2.05, 4.69) is 47.2 Å². The lowest BCUT2D eigenvalue weighted by molar-refractivity contribution is -0.312. The molecule has 38 nitrogen and oxygen atoms in total. The molecule has 2 aliphatic heterocycles. The molecule has 0 saturated carbocycles. The highest BCUT2D eigenvalue weighted by Gasteiger charge is 2.57. The van der Waals surface area contributed by atoms with Gasteiger partial charge < -0.3 is 121 Å². The summed E-state index contributed by atoms with van der Waals surface area (Å²) in [4.78, 5) is 101. The number of benzene rings is 4. The molecule has 2 aliphatic rings. The Balaban J connectivity index is 0.659. The third-order valence-corrected chi connectivity index (χ3v) is 18.2. The van der Waals surface area contributed by atoms with E-state index in [1.165, 1.54) is 4.68 Å². The molecule has 2 fully saturated rings. The first kappa shape index (κ1) is 87.9. The van der Waals surface area contributed by atoms with Crippen molar-refractivity contribution in [3.05, 3.63) is 144 Å². The highest BCUT2D eigenvalue weighted by atomic mass is 16.7. The van der Waals surface area contributed by atoms with E-state index in [0.29, 0.717) is 48.3 Å². The first-order valence-electron chi connectivity index (χ1n) is 36.3. The van der Waals surface area contributed by atoms with Crippen molar-refractivity contribution < 1.29 is 132 Å². The van der Waals surface area contributed by atoms with Gasteiger partial charge in [0.25, 0.3) is 11.6 Å². The Morgan fingerprint density at radius 3 is 1.29 bits per heavy atom. The van der Waals surface area contributed by atoms with Crippen molar-refractivity contribution in [1.82, 2.24) is 56.6 Å². The molecule has 5 amide bonds. The van der Waals surface area contributed by atoms with E-state index >= 15 is 0 Å². The number of carbonyl (C=O) groups excluding carboxylic acids is 5. The van der Waals surface area contributed by atoms with Gasteiger partial charge in [-0.15, -0.1) is 10.2 Å². The quantitative estimate of drug-likeness (QED) is 0.0176. The Bertz CT molecular complexity index is 3940. The number of aliphatic hydroxyl groups is 8. The van der Waals surface area contributed by atoms with Crippen LogP contribution >= 0.6 is 0 Å². The van der Waals surface area contributed by atoms with Gasteiger partial charge in [0, 0.05) is 45.4 Å². The van der Waals surface area contributed by atoms with Crippen LogP contribution in [0.3, 0.4) is 0 Å². The topological polar surface area (TPSA) is 555 Å². The second-order valence-corrected chi connectivity index (χ2v) is 26.6.